The molecule has 0 saturated carbocycles. The number of hydrogen-bond acceptors (Lipinski definition) is 3. The summed E-state index contributed by atoms with van der Waals surface area (Å²) in [7, 11) is 0. The third-order valence-electron chi connectivity index (χ3n) is 2.57. The predicted molar refractivity (Wildman–Crippen MR) is 68.7 cm³/mol. The van der Waals surface area contributed by atoms with E-state index in [-0.39, 0.29) is 11.2 Å². The lowest BCUT2D eigenvalue weighted by molar-refractivity contribution is 0.0926. The van der Waals surface area contributed by atoms with E-state index in [0.717, 1.165) is 5.56 Å². The molecule has 3 nitrogen and oxygen atoms in total. The molecule has 0 saturated heterocycles. The first kappa shape index (κ1) is 13.7. The van der Waals surface area contributed by atoms with Crippen molar-refractivity contribution in [2.75, 3.05) is 6.61 Å². The second kappa shape index (κ2) is 5.30. The number of pyridine rings is 1. The van der Waals surface area contributed by atoms with Gasteiger partial charge in [0, 0.05) is 12.6 Å². The van der Waals surface area contributed by atoms with Crippen LogP contribution < -0.4 is 4.74 Å². The molecule has 0 fully saturated rings. The van der Waals surface area contributed by atoms with Crippen molar-refractivity contribution < 1.29 is 9.53 Å². The topological polar surface area (TPSA) is 39.2 Å². The number of nitrogens with zero attached hydrogens (tertiary/aromatic N) is 1. The third-order valence-corrected chi connectivity index (χ3v) is 2.57. The molecule has 0 radical (unpaired) electrons. The van der Waals surface area contributed by atoms with E-state index in [4.69, 9.17) is 4.74 Å². The molecule has 94 valence electrons. The van der Waals surface area contributed by atoms with Gasteiger partial charge in [0.25, 0.3) is 0 Å². The van der Waals surface area contributed by atoms with Crippen molar-refractivity contribution in [3.05, 3.63) is 23.4 Å². The maximum absolute atomic E-state index is 11.8. The summed E-state index contributed by atoms with van der Waals surface area (Å²) >= 11 is 0. The van der Waals surface area contributed by atoms with Gasteiger partial charge < -0.3 is 4.74 Å². The summed E-state index contributed by atoms with van der Waals surface area (Å²) in [5.74, 6) is 0.646. The van der Waals surface area contributed by atoms with E-state index < -0.39 is 0 Å². The van der Waals surface area contributed by atoms with Crippen LogP contribution in [0.1, 0.15) is 57.0 Å². The largest absolute Gasteiger partial charge is 0.477 e. The highest BCUT2D eigenvalue weighted by molar-refractivity contribution is 6.00. The molecule has 2 rings (SSSR count). The first-order chi connectivity index (χ1) is 8.00. The molecule has 0 aromatic carbocycles. The zero-order valence-corrected chi connectivity index (χ0v) is 11.3. The molecule has 1 aromatic rings. The minimum absolute atomic E-state index is 0.0522. The molecule has 0 N–H and O–H groups in total. The van der Waals surface area contributed by atoms with Crippen LogP contribution in [0.25, 0.3) is 0 Å². The number of carbonyl (C=O) groups is 1. The summed E-state index contributed by atoms with van der Waals surface area (Å²) in [6, 6.07) is 1.91. The standard InChI is InChI=1S/C12H15NO2.C2H6/c1-12(2,3)8-4-6-13-11-10(8)9(14)5-7-15-11;1-2/h4,6H,5,7H2,1-3H3;1-2H3. The van der Waals surface area contributed by atoms with Crippen LogP contribution in [0.3, 0.4) is 0 Å². The van der Waals surface area contributed by atoms with E-state index in [9.17, 15) is 4.79 Å². The zero-order valence-electron chi connectivity index (χ0n) is 11.3. The van der Waals surface area contributed by atoms with Gasteiger partial charge in [-0.3, -0.25) is 4.79 Å². The Labute approximate surface area is 103 Å². The van der Waals surface area contributed by atoms with Crippen LogP contribution in [0.2, 0.25) is 0 Å². The number of aromatic nitrogens is 1. The van der Waals surface area contributed by atoms with Crippen LogP contribution in [-0.2, 0) is 5.41 Å². The van der Waals surface area contributed by atoms with Gasteiger partial charge in [0.1, 0.15) is 0 Å². The highest BCUT2D eigenvalue weighted by atomic mass is 16.5. The van der Waals surface area contributed by atoms with E-state index >= 15 is 0 Å². The number of Topliss-reactive ketones (excluding diaryl/α,β-unsaturated/α-hetero) is 1. The second-order valence-electron chi connectivity index (χ2n) is 4.81. The number of hydrogen-bond donors (Lipinski definition) is 0. The van der Waals surface area contributed by atoms with Crippen molar-refractivity contribution in [1.82, 2.24) is 4.98 Å². The van der Waals surface area contributed by atoms with Crippen molar-refractivity contribution >= 4 is 5.78 Å². The lowest BCUT2D eigenvalue weighted by atomic mass is 9.82. The Bertz CT molecular complexity index is 405. The lowest BCUT2D eigenvalue weighted by Gasteiger charge is -2.25. The maximum Gasteiger partial charge on any atom is 0.224 e. The van der Waals surface area contributed by atoms with Gasteiger partial charge in [0.15, 0.2) is 5.78 Å². The fourth-order valence-electron chi connectivity index (χ4n) is 1.81. The summed E-state index contributed by atoms with van der Waals surface area (Å²) in [5.41, 5.74) is 1.65. The van der Waals surface area contributed by atoms with E-state index in [1.54, 1.807) is 6.20 Å². The highest BCUT2D eigenvalue weighted by Gasteiger charge is 2.28. The summed E-state index contributed by atoms with van der Waals surface area (Å²) < 4.78 is 5.40. The van der Waals surface area contributed by atoms with Crippen LogP contribution in [0.5, 0.6) is 5.88 Å². The Balaban J connectivity index is 0.000000686. The molecule has 1 aliphatic rings. The molecule has 3 heteroatoms. The SMILES string of the molecule is CC.CC(C)(C)c1ccnc2c1C(=O)CCO2. The fourth-order valence-corrected chi connectivity index (χ4v) is 1.81. The van der Waals surface area contributed by atoms with Crippen LogP contribution in [0.15, 0.2) is 12.3 Å². The number of rotatable bonds is 0. The molecule has 1 aromatic heterocycles. The first-order valence-electron chi connectivity index (χ1n) is 6.15. The monoisotopic (exact) mass is 235 g/mol. The van der Waals surface area contributed by atoms with Gasteiger partial charge in [-0.2, -0.15) is 0 Å². The van der Waals surface area contributed by atoms with E-state index in [1.807, 2.05) is 19.9 Å². The Morgan fingerprint density at radius 2 is 1.94 bits per heavy atom. The van der Waals surface area contributed by atoms with Crippen LogP contribution in [0.4, 0.5) is 0 Å². The summed E-state index contributed by atoms with van der Waals surface area (Å²) in [5, 5.41) is 0. The Kier molecular flexibility index (Phi) is 4.27. The van der Waals surface area contributed by atoms with Crippen molar-refractivity contribution in [2.24, 2.45) is 0 Å². The molecule has 0 atom stereocenters. The van der Waals surface area contributed by atoms with Crippen molar-refractivity contribution in [3.63, 3.8) is 0 Å². The van der Waals surface area contributed by atoms with Gasteiger partial charge in [-0.1, -0.05) is 34.6 Å². The van der Waals surface area contributed by atoms with E-state index in [1.165, 1.54) is 0 Å². The second-order valence-corrected chi connectivity index (χ2v) is 4.81. The van der Waals surface area contributed by atoms with Gasteiger partial charge in [0.05, 0.1) is 12.2 Å². The van der Waals surface area contributed by atoms with Crippen LogP contribution in [-0.4, -0.2) is 17.4 Å². The smallest absolute Gasteiger partial charge is 0.224 e. The molecular weight excluding hydrogens is 214 g/mol. The Morgan fingerprint density at radius 3 is 2.53 bits per heavy atom. The molecule has 2 heterocycles. The maximum atomic E-state index is 11.8. The molecule has 0 unspecified atom stereocenters. The average Bonchev–Trinajstić information content (AvgIpc) is 2.30. The van der Waals surface area contributed by atoms with Crippen molar-refractivity contribution in [2.45, 2.75) is 46.5 Å². The van der Waals surface area contributed by atoms with Crippen molar-refractivity contribution in [3.8, 4) is 5.88 Å². The summed E-state index contributed by atoms with van der Waals surface area (Å²) in [4.78, 5) is 15.9. The number of ketones is 1. The predicted octanol–water partition coefficient (Wildman–Crippen LogP) is 3.37. The fraction of sp³-hybridized carbons (Fsp3) is 0.571. The molecule has 1 aliphatic heterocycles. The minimum Gasteiger partial charge on any atom is -0.477 e. The van der Waals surface area contributed by atoms with Crippen LogP contribution in [0, 0.1) is 0 Å². The number of ether oxygens (including phenoxy) is 1. The van der Waals surface area contributed by atoms with Gasteiger partial charge in [-0.15, -0.1) is 0 Å². The van der Waals surface area contributed by atoms with Crippen LogP contribution >= 0.6 is 0 Å². The van der Waals surface area contributed by atoms with Gasteiger partial charge in [-0.25, -0.2) is 4.98 Å². The van der Waals surface area contributed by atoms with E-state index in [0.29, 0.717) is 24.5 Å². The normalized spacial score (nSPS) is 14.3. The van der Waals surface area contributed by atoms with E-state index in [2.05, 4.69) is 25.8 Å². The minimum atomic E-state index is -0.0522. The molecule has 0 aliphatic carbocycles. The Hall–Kier alpha value is -1.38. The number of carbonyl (C=O) groups excluding carboxylic acids is 1. The average molecular weight is 235 g/mol. The van der Waals surface area contributed by atoms with Gasteiger partial charge >= 0.3 is 0 Å². The molecule has 17 heavy (non-hydrogen) atoms. The number of fused-ring (bicyclic) bond motifs is 1. The summed E-state index contributed by atoms with van der Waals surface area (Å²) in [6.07, 6.45) is 2.17. The van der Waals surface area contributed by atoms with Crippen molar-refractivity contribution in [1.29, 1.82) is 0 Å². The molecule has 0 bridgehead atoms. The van der Waals surface area contributed by atoms with Gasteiger partial charge in [-0.05, 0) is 17.0 Å². The molecular formula is C14H21NO2. The highest BCUT2D eigenvalue weighted by Crippen LogP contribution is 2.32. The lowest BCUT2D eigenvalue weighted by Crippen LogP contribution is -2.23. The third kappa shape index (κ3) is 2.84. The Morgan fingerprint density at radius 1 is 1.29 bits per heavy atom. The molecule has 0 amide bonds. The first-order valence-corrected chi connectivity index (χ1v) is 6.15. The quantitative estimate of drug-likeness (QED) is 0.692. The summed E-state index contributed by atoms with van der Waals surface area (Å²) in [6.45, 7) is 10.7. The molecule has 0 spiro atoms. The zero-order chi connectivity index (χ0) is 13.1. The van der Waals surface area contributed by atoms with Gasteiger partial charge in [0.2, 0.25) is 5.88 Å².